The normalized spacial score (nSPS) is 15.4. The highest BCUT2D eigenvalue weighted by Crippen LogP contribution is 2.23. The number of carbonyl (C=O) groups excluding carboxylic acids is 2. The Kier molecular flexibility index (Phi) is 4.16. The van der Waals surface area contributed by atoms with Gasteiger partial charge in [0.15, 0.2) is 0 Å². The molecule has 2 amide bonds. The van der Waals surface area contributed by atoms with Gasteiger partial charge in [-0.25, -0.2) is 0 Å². The molecule has 1 aromatic carbocycles. The largest absolute Gasteiger partial charge is 0.394 e. The molecule has 0 fully saturated rings. The number of aliphatic hydroxyl groups is 1. The summed E-state index contributed by atoms with van der Waals surface area (Å²) in [6, 6.07) is 5.02. The number of fused-ring (bicyclic) bond motifs is 1. The van der Waals surface area contributed by atoms with Gasteiger partial charge in [-0.2, -0.15) is 0 Å². The molecule has 0 unspecified atom stereocenters. The fourth-order valence-electron chi connectivity index (χ4n) is 2.07. The Labute approximate surface area is 112 Å². The van der Waals surface area contributed by atoms with Gasteiger partial charge in [0.25, 0.3) is 5.91 Å². The van der Waals surface area contributed by atoms with E-state index in [0.29, 0.717) is 24.8 Å². The number of carbonyl (C=O) groups is 2. The lowest BCUT2D eigenvalue weighted by molar-refractivity contribution is -0.116. The first kappa shape index (κ1) is 13.5. The van der Waals surface area contributed by atoms with Crippen molar-refractivity contribution in [1.29, 1.82) is 0 Å². The molecule has 5 heteroatoms. The predicted molar refractivity (Wildman–Crippen MR) is 72.0 cm³/mol. The third kappa shape index (κ3) is 3.12. The summed E-state index contributed by atoms with van der Waals surface area (Å²) < 4.78 is 0. The number of rotatable bonds is 4. The van der Waals surface area contributed by atoms with E-state index in [0.717, 1.165) is 11.3 Å². The first-order chi connectivity index (χ1) is 9.13. The summed E-state index contributed by atoms with van der Waals surface area (Å²) in [6.45, 7) is 1.84. The minimum absolute atomic E-state index is 0.0102. The number of amides is 2. The maximum Gasteiger partial charge on any atom is 0.251 e. The maximum atomic E-state index is 12.0. The van der Waals surface area contributed by atoms with Crippen LogP contribution in [0.1, 0.15) is 35.7 Å². The van der Waals surface area contributed by atoms with Crippen LogP contribution in [0.2, 0.25) is 0 Å². The van der Waals surface area contributed by atoms with E-state index in [1.165, 1.54) is 0 Å². The number of hydrogen-bond acceptors (Lipinski definition) is 3. The summed E-state index contributed by atoms with van der Waals surface area (Å²) in [5.41, 5.74) is 2.31. The maximum absolute atomic E-state index is 12.0. The summed E-state index contributed by atoms with van der Waals surface area (Å²) in [4.78, 5) is 23.3. The number of nitrogens with one attached hydrogen (secondary N) is 2. The average Bonchev–Trinajstić information content (AvgIpc) is 2.43. The minimum Gasteiger partial charge on any atom is -0.394 e. The van der Waals surface area contributed by atoms with Gasteiger partial charge in [0.05, 0.1) is 12.6 Å². The monoisotopic (exact) mass is 262 g/mol. The fourth-order valence-corrected chi connectivity index (χ4v) is 2.07. The van der Waals surface area contributed by atoms with Crippen LogP contribution in [-0.4, -0.2) is 29.6 Å². The number of aliphatic hydroxyl groups excluding tert-OH is 1. The van der Waals surface area contributed by atoms with Crippen molar-refractivity contribution in [3.63, 3.8) is 0 Å². The van der Waals surface area contributed by atoms with Gasteiger partial charge in [-0.3, -0.25) is 9.59 Å². The van der Waals surface area contributed by atoms with Crippen LogP contribution in [0, 0.1) is 0 Å². The second-order valence-electron chi connectivity index (χ2n) is 4.68. The van der Waals surface area contributed by atoms with Crippen LogP contribution in [0.5, 0.6) is 0 Å². The molecule has 3 N–H and O–H groups in total. The van der Waals surface area contributed by atoms with E-state index in [2.05, 4.69) is 10.6 Å². The molecular formula is C14H18N2O3. The lowest BCUT2D eigenvalue weighted by Gasteiger charge is -2.18. The van der Waals surface area contributed by atoms with Crippen LogP contribution in [0.25, 0.3) is 0 Å². The molecule has 0 saturated carbocycles. The predicted octanol–water partition coefficient (Wildman–Crippen LogP) is 1.07. The van der Waals surface area contributed by atoms with Crippen LogP contribution in [0.3, 0.4) is 0 Å². The van der Waals surface area contributed by atoms with Crippen molar-refractivity contribution in [2.45, 2.75) is 32.2 Å². The van der Waals surface area contributed by atoms with Gasteiger partial charge < -0.3 is 15.7 Å². The molecule has 0 radical (unpaired) electrons. The zero-order valence-electron chi connectivity index (χ0n) is 10.9. The SMILES string of the molecule is CC[C@@H](CO)NC(=O)c1ccc2c(c1)CCC(=O)N2. The fraction of sp³-hybridized carbons (Fsp3) is 0.429. The second-order valence-corrected chi connectivity index (χ2v) is 4.68. The van der Waals surface area contributed by atoms with E-state index >= 15 is 0 Å². The molecule has 0 spiro atoms. The van der Waals surface area contributed by atoms with Crippen molar-refractivity contribution < 1.29 is 14.7 Å². The first-order valence-corrected chi connectivity index (χ1v) is 6.48. The zero-order valence-corrected chi connectivity index (χ0v) is 10.9. The van der Waals surface area contributed by atoms with E-state index in [4.69, 9.17) is 5.11 Å². The lowest BCUT2D eigenvalue weighted by atomic mass is 10.00. The van der Waals surface area contributed by atoms with Crippen molar-refractivity contribution in [3.05, 3.63) is 29.3 Å². The molecule has 0 bridgehead atoms. The summed E-state index contributed by atoms with van der Waals surface area (Å²) in [5, 5.41) is 14.6. The van der Waals surface area contributed by atoms with Crippen LogP contribution >= 0.6 is 0 Å². The highest BCUT2D eigenvalue weighted by atomic mass is 16.3. The molecule has 1 aliphatic rings. The van der Waals surface area contributed by atoms with Gasteiger partial charge in [0.2, 0.25) is 5.91 Å². The molecule has 0 aromatic heterocycles. The van der Waals surface area contributed by atoms with Crippen molar-refractivity contribution in [2.24, 2.45) is 0 Å². The average molecular weight is 262 g/mol. The number of anilines is 1. The van der Waals surface area contributed by atoms with E-state index in [1.54, 1.807) is 18.2 Å². The Balaban J connectivity index is 2.13. The molecule has 2 rings (SSSR count). The van der Waals surface area contributed by atoms with Gasteiger partial charge in [0, 0.05) is 17.7 Å². The molecular weight excluding hydrogens is 244 g/mol. The minimum atomic E-state index is -0.219. The Hall–Kier alpha value is -1.88. The summed E-state index contributed by atoms with van der Waals surface area (Å²) in [5.74, 6) is -0.184. The summed E-state index contributed by atoms with van der Waals surface area (Å²) in [7, 11) is 0. The summed E-state index contributed by atoms with van der Waals surface area (Å²) >= 11 is 0. The molecule has 5 nitrogen and oxygen atoms in total. The van der Waals surface area contributed by atoms with Gasteiger partial charge >= 0.3 is 0 Å². The van der Waals surface area contributed by atoms with Crippen molar-refractivity contribution in [3.8, 4) is 0 Å². The molecule has 0 aliphatic carbocycles. The number of benzene rings is 1. The Morgan fingerprint density at radius 2 is 2.26 bits per heavy atom. The van der Waals surface area contributed by atoms with Crippen LogP contribution in [0.4, 0.5) is 5.69 Å². The number of aryl methyl sites for hydroxylation is 1. The van der Waals surface area contributed by atoms with Crippen molar-refractivity contribution in [2.75, 3.05) is 11.9 Å². The molecule has 19 heavy (non-hydrogen) atoms. The molecule has 1 atom stereocenters. The summed E-state index contributed by atoms with van der Waals surface area (Å²) in [6.07, 6.45) is 1.79. The quantitative estimate of drug-likeness (QED) is 0.759. The Morgan fingerprint density at radius 1 is 1.47 bits per heavy atom. The van der Waals surface area contributed by atoms with Gasteiger partial charge in [-0.1, -0.05) is 6.92 Å². The van der Waals surface area contributed by atoms with Crippen molar-refractivity contribution >= 4 is 17.5 Å². The Bertz CT molecular complexity index is 495. The molecule has 1 heterocycles. The molecule has 1 aliphatic heterocycles. The highest BCUT2D eigenvalue weighted by molar-refractivity contribution is 5.98. The standard InChI is InChI=1S/C14H18N2O3/c1-2-11(8-17)15-14(19)10-3-5-12-9(7-10)4-6-13(18)16-12/h3,5,7,11,17H,2,4,6,8H2,1H3,(H,15,19)(H,16,18)/t11-/m0/s1. The van der Waals surface area contributed by atoms with Gasteiger partial charge in [0.1, 0.15) is 0 Å². The van der Waals surface area contributed by atoms with Gasteiger partial charge in [-0.05, 0) is 36.6 Å². The van der Waals surface area contributed by atoms with Crippen LogP contribution in [0.15, 0.2) is 18.2 Å². The topological polar surface area (TPSA) is 78.4 Å². The molecule has 0 saturated heterocycles. The van der Waals surface area contributed by atoms with E-state index in [9.17, 15) is 9.59 Å². The molecule has 1 aromatic rings. The van der Waals surface area contributed by atoms with E-state index in [1.807, 2.05) is 6.92 Å². The van der Waals surface area contributed by atoms with Crippen molar-refractivity contribution in [1.82, 2.24) is 5.32 Å². The molecule has 102 valence electrons. The lowest BCUT2D eigenvalue weighted by Crippen LogP contribution is -2.37. The second kappa shape index (κ2) is 5.84. The highest BCUT2D eigenvalue weighted by Gasteiger charge is 2.17. The van der Waals surface area contributed by atoms with Crippen LogP contribution in [-0.2, 0) is 11.2 Å². The third-order valence-corrected chi connectivity index (χ3v) is 3.31. The smallest absolute Gasteiger partial charge is 0.251 e. The number of hydrogen-bond donors (Lipinski definition) is 3. The third-order valence-electron chi connectivity index (χ3n) is 3.31. The Morgan fingerprint density at radius 3 is 2.95 bits per heavy atom. The zero-order chi connectivity index (χ0) is 13.8. The van der Waals surface area contributed by atoms with Gasteiger partial charge in [-0.15, -0.1) is 0 Å². The van der Waals surface area contributed by atoms with E-state index in [-0.39, 0.29) is 24.5 Å². The van der Waals surface area contributed by atoms with E-state index < -0.39 is 0 Å². The van der Waals surface area contributed by atoms with Crippen LogP contribution < -0.4 is 10.6 Å². The first-order valence-electron chi connectivity index (χ1n) is 6.48.